The summed E-state index contributed by atoms with van der Waals surface area (Å²) in [5.41, 5.74) is 5.93. The lowest BCUT2D eigenvalue weighted by molar-refractivity contribution is 0.0827. The zero-order chi connectivity index (χ0) is 12.8. The van der Waals surface area contributed by atoms with Crippen molar-refractivity contribution < 1.29 is 9.30 Å². The van der Waals surface area contributed by atoms with E-state index in [-0.39, 0.29) is 17.4 Å². The summed E-state index contributed by atoms with van der Waals surface area (Å²) in [6.45, 7) is 2.77. The summed E-state index contributed by atoms with van der Waals surface area (Å²) in [5.74, 6) is 0. The molecule has 19 heavy (non-hydrogen) atoms. The fraction of sp³-hybridized carbons (Fsp3) is 0.375. The third kappa shape index (κ3) is 0.917. The molecule has 0 aromatic heterocycles. The lowest BCUT2D eigenvalue weighted by Gasteiger charge is -2.60. The molecule has 0 radical (unpaired) electrons. The van der Waals surface area contributed by atoms with Gasteiger partial charge in [-0.3, -0.25) is 0 Å². The van der Waals surface area contributed by atoms with Crippen LogP contribution in [0.15, 0.2) is 41.5 Å². The fourth-order valence-electron chi connectivity index (χ4n) is 4.47. The molecule has 0 spiro atoms. The molecule has 5 rings (SSSR count). The van der Waals surface area contributed by atoms with Gasteiger partial charge in [0.25, 0.3) is 0 Å². The van der Waals surface area contributed by atoms with Crippen molar-refractivity contribution in [2.24, 2.45) is 0 Å². The van der Waals surface area contributed by atoms with Crippen molar-refractivity contribution in [2.75, 3.05) is 6.61 Å². The summed E-state index contributed by atoms with van der Waals surface area (Å²) in [4.78, 5) is 0. The van der Waals surface area contributed by atoms with E-state index in [0.717, 1.165) is 18.3 Å². The van der Waals surface area contributed by atoms with Gasteiger partial charge >= 0.3 is 0 Å². The molecule has 3 heteroatoms. The van der Waals surface area contributed by atoms with Crippen LogP contribution in [-0.2, 0) is 9.30 Å². The van der Waals surface area contributed by atoms with Crippen molar-refractivity contribution in [1.29, 1.82) is 0 Å². The number of hydrogen-bond acceptors (Lipinski definition) is 2. The quantitative estimate of drug-likeness (QED) is 0.607. The average molecular weight is 270 g/mol. The van der Waals surface area contributed by atoms with Crippen molar-refractivity contribution in [3.8, 4) is 0 Å². The van der Waals surface area contributed by atoms with Crippen LogP contribution in [0.5, 0.6) is 0 Å². The second-order valence-corrected chi connectivity index (χ2v) is 8.76. The molecule has 4 atom stereocenters. The van der Waals surface area contributed by atoms with Crippen molar-refractivity contribution in [3.05, 3.63) is 52.6 Å². The lowest BCUT2D eigenvalue weighted by atomic mass is 9.77. The van der Waals surface area contributed by atoms with Crippen LogP contribution in [0.2, 0.25) is 0 Å². The van der Waals surface area contributed by atoms with Gasteiger partial charge in [0.15, 0.2) is 0 Å². The third-order valence-corrected chi connectivity index (χ3v) is 8.86. The van der Waals surface area contributed by atoms with E-state index in [4.69, 9.17) is 4.74 Å². The van der Waals surface area contributed by atoms with E-state index in [1.807, 2.05) is 0 Å². The van der Waals surface area contributed by atoms with Crippen molar-refractivity contribution in [3.63, 3.8) is 0 Å². The Labute approximate surface area is 112 Å². The Kier molecular flexibility index (Phi) is 1.76. The lowest BCUT2D eigenvalue weighted by Crippen LogP contribution is -2.51. The highest BCUT2D eigenvalue weighted by Gasteiger charge is 2.68. The van der Waals surface area contributed by atoms with E-state index in [9.17, 15) is 4.57 Å². The van der Waals surface area contributed by atoms with E-state index >= 15 is 0 Å². The Hall–Kier alpha value is -1.11. The van der Waals surface area contributed by atoms with Crippen LogP contribution in [0.3, 0.4) is 0 Å². The number of allylic oxidation sites excluding steroid dienone is 3. The largest absolute Gasteiger partial charge is 0.369 e. The van der Waals surface area contributed by atoms with Gasteiger partial charge in [0.2, 0.25) is 0 Å². The van der Waals surface area contributed by atoms with Crippen LogP contribution < -0.4 is 5.30 Å². The van der Waals surface area contributed by atoms with Gasteiger partial charge < -0.3 is 9.30 Å². The maximum atomic E-state index is 13.2. The first-order valence-electron chi connectivity index (χ1n) is 7.02. The molecule has 0 bridgehead atoms. The minimum atomic E-state index is -2.14. The van der Waals surface area contributed by atoms with Crippen molar-refractivity contribution in [2.45, 2.75) is 30.8 Å². The predicted octanol–water partition coefficient (Wildman–Crippen LogP) is 3.46. The molecule has 2 nitrogen and oxygen atoms in total. The maximum Gasteiger partial charge on any atom is 0.137 e. The van der Waals surface area contributed by atoms with Gasteiger partial charge in [-0.25, -0.2) is 0 Å². The van der Waals surface area contributed by atoms with Crippen LogP contribution in [0.1, 0.15) is 36.2 Å². The molecule has 2 aliphatic heterocycles. The summed E-state index contributed by atoms with van der Waals surface area (Å²) >= 11 is 0. The van der Waals surface area contributed by atoms with Crippen molar-refractivity contribution in [1.82, 2.24) is 0 Å². The topological polar surface area (TPSA) is 26.3 Å². The molecule has 2 heterocycles. The van der Waals surface area contributed by atoms with Gasteiger partial charge in [0.05, 0.1) is 11.3 Å². The molecule has 1 aromatic rings. The standard InChI is InChI=1S/C16H15O2P/c1-2-18-15-9-5-3-7-11-13(9)16-14-10(15)6-4-8-12(14)19(11,16)17/h3-5,7-8,12,15-16H,2,6H2,1H3. The first kappa shape index (κ1) is 10.7. The predicted molar refractivity (Wildman–Crippen MR) is 75.4 cm³/mol. The molecule has 1 aromatic carbocycles. The van der Waals surface area contributed by atoms with Crippen LogP contribution in [0.25, 0.3) is 0 Å². The van der Waals surface area contributed by atoms with Crippen LogP contribution in [-0.4, -0.2) is 12.3 Å². The molecule has 1 saturated heterocycles. The highest BCUT2D eigenvalue weighted by molar-refractivity contribution is 7.77. The van der Waals surface area contributed by atoms with Crippen LogP contribution >= 0.6 is 7.14 Å². The summed E-state index contributed by atoms with van der Waals surface area (Å²) in [5, 5.41) is 1.14. The Morgan fingerprint density at radius 2 is 2.32 bits per heavy atom. The Morgan fingerprint density at radius 3 is 3.16 bits per heavy atom. The third-order valence-electron chi connectivity index (χ3n) is 5.14. The van der Waals surface area contributed by atoms with Gasteiger partial charge in [-0.05, 0) is 35.6 Å². The molecule has 4 unspecified atom stereocenters. The number of benzene rings is 1. The van der Waals surface area contributed by atoms with Crippen LogP contribution in [0.4, 0.5) is 0 Å². The monoisotopic (exact) mass is 270 g/mol. The average Bonchev–Trinajstić information content (AvgIpc) is 2.44. The first-order valence-corrected chi connectivity index (χ1v) is 8.87. The Morgan fingerprint density at radius 1 is 1.42 bits per heavy atom. The minimum absolute atomic E-state index is 0.104. The maximum absolute atomic E-state index is 13.2. The summed E-state index contributed by atoms with van der Waals surface area (Å²) < 4.78 is 19.2. The minimum Gasteiger partial charge on any atom is -0.369 e. The number of ether oxygens (including phenoxy) is 1. The normalized spacial score (nSPS) is 39.5. The molecular formula is C16H15O2P. The van der Waals surface area contributed by atoms with E-state index in [2.05, 4.69) is 37.3 Å². The van der Waals surface area contributed by atoms with Crippen molar-refractivity contribution >= 4 is 12.4 Å². The van der Waals surface area contributed by atoms with E-state index in [1.54, 1.807) is 0 Å². The second kappa shape index (κ2) is 3.13. The summed E-state index contributed by atoms with van der Waals surface area (Å²) in [7, 11) is -2.14. The number of fused-ring (bicyclic) bond motifs is 2. The molecule has 0 saturated carbocycles. The van der Waals surface area contributed by atoms with Gasteiger partial charge in [-0.2, -0.15) is 0 Å². The van der Waals surface area contributed by atoms with E-state index in [0.29, 0.717) is 0 Å². The van der Waals surface area contributed by atoms with Gasteiger partial charge in [0.1, 0.15) is 13.2 Å². The molecule has 0 N–H and O–H groups in total. The Bertz CT molecular complexity index is 728. The van der Waals surface area contributed by atoms with E-state index in [1.165, 1.54) is 22.3 Å². The zero-order valence-corrected chi connectivity index (χ0v) is 11.7. The SMILES string of the molecule is CCOC1C2=C3C(C=CC2)P2(=O)c4cccc1c4C32. The summed E-state index contributed by atoms with van der Waals surface area (Å²) in [6, 6.07) is 6.29. The molecule has 96 valence electrons. The molecule has 4 aliphatic rings. The van der Waals surface area contributed by atoms with Crippen LogP contribution in [0, 0.1) is 0 Å². The molecular weight excluding hydrogens is 255 g/mol. The highest BCUT2D eigenvalue weighted by Crippen LogP contribution is 2.86. The molecule has 2 aliphatic carbocycles. The van der Waals surface area contributed by atoms with E-state index < -0.39 is 7.14 Å². The van der Waals surface area contributed by atoms with Gasteiger partial charge in [-0.1, -0.05) is 30.4 Å². The summed E-state index contributed by atoms with van der Waals surface area (Å²) in [6.07, 6.45) is 5.44. The number of hydrogen-bond donors (Lipinski definition) is 0. The molecule has 0 amide bonds. The Balaban J connectivity index is 1.84. The fourth-order valence-corrected chi connectivity index (χ4v) is 8.39. The van der Waals surface area contributed by atoms with Gasteiger partial charge in [0, 0.05) is 11.9 Å². The zero-order valence-electron chi connectivity index (χ0n) is 10.8. The second-order valence-electron chi connectivity index (χ2n) is 5.79. The van der Waals surface area contributed by atoms with Gasteiger partial charge in [-0.15, -0.1) is 0 Å². The smallest absolute Gasteiger partial charge is 0.137 e. The molecule has 1 fully saturated rings. The highest BCUT2D eigenvalue weighted by atomic mass is 31.2. The number of rotatable bonds is 2. The first-order chi connectivity index (χ1) is 9.28.